The number of alkyl halides is 4. The molecule has 17 nitrogen and oxygen atoms in total. The third-order valence-corrected chi connectivity index (χ3v) is 6.24. The van der Waals surface area contributed by atoms with Gasteiger partial charge in [0, 0.05) is 12.4 Å². The van der Waals surface area contributed by atoms with Gasteiger partial charge in [0.25, 0.3) is 10.3 Å². The summed E-state index contributed by atoms with van der Waals surface area (Å²) in [4.78, 5) is 29.9. The van der Waals surface area contributed by atoms with Gasteiger partial charge < -0.3 is 40.8 Å². The van der Waals surface area contributed by atoms with Crippen LogP contribution in [0.3, 0.4) is 0 Å². The molecule has 0 bridgehead atoms. The van der Waals surface area contributed by atoms with Crippen LogP contribution in [0.4, 0.5) is 20.4 Å². The molecule has 4 rings (SSSR count). The highest BCUT2D eigenvalue weighted by Crippen LogP contribution is 2.44. The summed E-state index contributed by atoms with van der Waals surface area (Å²) in [6.07, 6.45) is -7.04. The Balaban J connectivity index is 0. The fourth-order valence-corrected chi connectivity index (χ4v) is 4.09. The van der Waals surface area contributed by atoms with Crippen LogP contribution in [0.15, 0.2) is 34.1 Å². The molecule has 0 unspecified atom stereocenters. The minimum absolute atomic E-state index is 0. The second-order valence-electron chi connectivity index (χ2n) is 7.81. The maximum atomic E-state index is 14.2. The molecule has 0 radical (unpaired) electrons. The monoisotopic (exact) mass is 675 g/mol. The van der Waals surface area contributed by atoms with Gasteiger partial charge in [-0.1, -0.05) is 38.1 Å². The van der Waals surface area contributed by atoms with E-state index in [0.717, 1.165) is 17.0 Å². The predicted octanol–water partition coefficient (Wildman–Crippen LogP) is -0.791. The minimum atomic E-state index is -2.78. The Morgan fingerprint density at radius 3 is 1.60 bits per heavy atom. The van der Waals surface area contributed by atoms with Crippen LogP contribution in [0.25, 0.3) is 0 Å². The van der Waals surface area contributed by atoms with E-state index in [2.05, 4.69) is 15.9 Å². The van der Waals surface area contributed by atoms with E-state index < -0.39 is 71.7 Å². The van der Waals surface area contributed by atoms with Crippen molar-refractivity contribution in [2.75, 3.05) is 24.4 Å². The molecule has 0 spiro atoms. The van der Waals surface area contributed by atoms with Gasteiger partial charge in [-0.3, -0.25) is 19.8 Å². The zero-order valence-corrected chi connectivity index (χ0v) is 22.2. The summed E-state index contributed by atoms with van der Waals surface area (Å²) in [6.45, 7) is -1.29. The summed E-state index contributed by atoms with van der Waals surface area (Å²) in [6, 6.07) is 2.44. The van der Waals surface area contributed by atoms with Crippen molar-refractivity contribution >= 4 is 47.2 Å². The van der Waals surface area contributed by atoms with E-state index in [1.54, 1.807) is 5.48 Å². The maximum absolute atomic E-state index is 14.2. The molecule has 2 aliphatic heterocycles. The second kappa shape index (κ2) is 17.1. The smallest absolute Gasteiger partial charge is 0.351 e. The molecule has 0 aromatic carbocycles. The van der Waals surface area contributed by atoms with Gasteiger partial charge in [-0.25, -0.2) is 24.3 Å². The fourth-order valence-electron chi connectivity index (χ4n) is 3.49. The largest absolute Gasteiger partial charge is 0.394 e. The van der Waals surface area contributed by atoms with Crippen molar-refractivity contribution in [1.82, 2.24) is 19.1 Å². The van der Waals surface area contributed by atoms with Crippen LogP contribution in [0, 0.1) is 0 Å². The number of aliphatic hydroxyl groups is 4. The first-order valence-corrected chi connectivity index (χ1v) is 11.3. The first-order chi connectivity index (χ1) is 18.3. The summed E-state index contributed by atoms with van der Waals surface area (Å²) in [5, 5.41) is 46.5. The molecule has 42 heavy (non-hydrogen) atoms. The molecule has 11 N–H and O–H groups in total. The topological polar surface area (TPSA) is 274 Å². The van der Waals surface area contributed by atoms with Crippen molar-refractivity contribution in [3.8, 4) is 0 Å². The lowest BCUT2D eigenvalue weighted by Gasteiger charge is -2.22. The Labute approximate surface area is 253 Å². The van der Waals surface area contributed by atoms with E-state index in [4.69, 9.17) is 59.0 Å². The molecular formula is C20H34Cl3F2N7O10. The Kier molecular flexibility index (Phi) is 17.1. The number of aromatic nitrogens is 4. The normalized spacial score (nSPS) is 31.1. The zero-order chi connectivity index (χ0) is 29.7. The fraction of sp³-hybridized carbons (Fsp3) is 0.600. The Bertz CT molecular complexity index is 1230. The highest BCUT2D eigenvalue weighted by Gasteiger charge is 2.58. The Hall–Kier alpha value is -2.27. The van der Waals surface area contributed by atoms with E-state index in [9.17, 15) is 28.6 Å². The van der Waals surface area contributed by atoms with Gasteiger partial charge in [0.2, 0.25) is 0 Å². The number of nitrogens with two attached hydrogens (primary N) is 2. The van der Waals surface area contributed by atoms with Crippen molar-refractivity contribution in [1.29, 1.82) is 0 Å². The van der Waals surface area contributed by atoms with Crippen molar-refractivity contribution in [3.63, 3.8) is 0 Å². The number of nitrogens with zero attached hydrogens (tertiary/aromatic N) is 4. The van der Waals surface area contributed by atoms with Crippen molar-refractivity contribution in [3.05, 3.63) is 45.5 Å². The van der Waals surface area contributed by atoms with Crippen molar-refractivity contribution in [2.24, 2.45) is 5.90 Å². The number of nitrogen functional groups attached to an aromatic ring is 1. The predicted molar refractivity (Wildman–Crippen MR) is 147 cm³/mol. The van der Waals surface area contributed by atoms with Gasteiger partial charge >= 0.3 is 11.4 Å². The van der Waals surface area contributed by atoms with Gasteiger partial charge in [0.05, 0.1) is 13.2 Å². The first kappa shape index (κ1) is 41.9. The number of halogens is 5. The Morgan fingerprint density at radius 2 is 1.29 bits per heavy atom. The lowest BCUT2D eigenvalue weighted by molar-refractivity contribution is -0.0517. The van der Waals surface area contributed by atoms with Crippen molar-refractivity contribution in [2.45, 2.75) is 62.0 Å². The number of hydrogen-bond acceptors (Lipinski definition) is 15. The molecular weight excluding hydrogens is 643 g/mol. The van der Waals surface area contributed by atoms with Gasteiger partial charge in [0.15, 0.2) is 18.3 Å². The lowest BCUT2D eigenvalue weighted by atomic mass is 10.1. The summed E-state index contributed by atoms with van der Waals surface area (Å²) in [7, 11) is 0. The van der Waals surface area contributed by atoms with Crippen LogP contribution in [0.1, 0.15) is 27.3 Å². The standard InChI is InChI=1S/C9H11ClFN3O5.C9H11ClFN3O4.2CH4.ClH.H3NO/c10-9(11)6(16)4(3-15)19-7(9)14-2-1-5(13-18)12-8(14)17;10-9(11)6(16)4(3-15)18-7(9)14-2-1-5(12)13-8(14)17;;;;1-2/h1-2,4,6-7,15-16,18H,3H2,(H,12,13,17);1-2,4,6-7,15-16H,3H2,(H2,12,13,17);2*1H4;1H;2H,1H2/t2*4-,6+,7-,9-;;;;/m11..../s1. The van der Waals surface area contributed by atoms with Crippen LogP contribution in [0.5, 0.6) is 0 Å². The van der Waals surface area contributed by atoms with Gasteiger partial charge in [-0.2, -0.15) is 9.97 Å². The molecule has 2 fully saturated rings. The minimum Gasteiger partial charge on any atom is -0.394 e. The highest BCUT2D eigenvalue weighted by atomic mass is 35.5. The third kappa shape index (κ3) is 8.42. The van der Waals surface area contributed by atoms with Crippen molar-refractivity contribution < 1.29 is 49.1 Å². The number of anilines is 2. The van der Waals surface area contributed by atoms with Crippen LogP contribution in [-0.4, -0.2) is 97.8 Å². The average molecular weight is 677 g/mol. The number of rotatable bonds is 5. The number of aliphatic hydroxyl groups excluding tert-OH is 4. The second-order valence-corrected chi connectivity index (χ2v) is 8.97. The van der Waals surface area contributed by atoms with E-state index in [0.29, 0.717) is 4.57 Å². The molecule has 2 aliphatic rings. The first-order valence-electron chi connectivity index (χ1n) is 10.5. The molecule has 0 saturated carbocycles. The summed E-state index contributed by atoms with van der Waals surface area (Å²) < 4.78 is 39.8. The third-order valence-electron chi connectivity index (χ3n) is 5.42. The molecule has 244 valence electrons. The quantitative estimate of drug-likeness (QED) is 0.139. The summed E-state index contributed by atoms with van der Waals surface area (Å²) in [5.74, 6) is 3.32. The van der Waals surface area contributed by atoms with E-state index >= 15 is 0 Å². The molecule has 0 amide bonds. The van der Waals surface area contributed by atoms with Gasteiger partial charge in [0.1, 0.15) is 30.2 Å². The molecule has 0 aliphatic carbocycles. The maximum Gasteiger partial charge on any atom is 0.351 e. The zero-order valence-electron chi connectivity index (χ0n) is 19.9. The van der Waals surface area contributed by atoms with Crippen LogP contribution in [0.2, 0.25) is 0 Å². The highest BCUT2D eigenvalue weighted by molar-refractivity contribution is 6.24. The van der Waals surface area contributed by atoms with E-state index in [1.165, 1.54) is 12.1 Å². The molecule has 2 aromatic rings. The van der Waals surface area contributed by atoms with Gasteiger partial charge in [-0.15, -0.1) is 12.4 Å². The SMILES string of the molecule is C.C.Cl.NO.Nc1ccn([C@@H]2O[C@H](CO)[C@H](O)[C@]2(F)Cl)c(=O)n1.O=c1nc(NO)ccn1[C@@H]1O[C@H](CO)[C@H](O)[C@]1(F)Cl. The van der Waals surface area contributed by atoms with Crippen LogP contribution >= 0.6 is 35.6 Å². The molecule has 8 atom stereocenters. The molecule has 2 saturated heterocycles. The Morgan fingerprint density at radius 1 is 0.905 bits per heavy atom. The average Bonchev–Trinajstić information content (AvgIpc) is 3.28. The van der Waals surface area contributed by atoms with E-state index in [-0.39, 0.29) is 38.9 Å². The van der Waals surface area contributed by atoms with E-state index in [1.807, 2.05) is 0 Å². The molecule has 22 heteroatoms. The number of ether oxygens (including phenoxy) is 2. The van der Waals surface area contributed by atoms with Gasteiger partial charge in [-0.05, 0) is 12.1 Å². The molecule has 2 aromatic heterocycles. The lowest BCUT2D eigenvalue weighted by Crippen LogP contribution is -2.41. The summed E-state index contributed by atoms with van der Waals surface area (Å²) in [5.41, 5.74) is 5.13. The van der Waals surface area contributed by atoms with Crippen LogP contribution in [-0.2, 0) is 9.47 Å². The number of nitrogens with one attached hydrogen (secondary N) is 1. The molecule has 4 heterocycles. The summed E-state index contributed by atoms with van der Waals surface area (Å²) >= 11 is 11.1. The van der Waals surface area contributed by atoms with Crippen LogP contribution < -0.4 is 28.5 Å². The number of hydrogen-bond donors (Lipinski definition) is 9.